The lowest BCUT2D eigenvalue weighted by molar-refractivity contribution is 0.555. The lowest BCUT2D eigenvalue weighted by Gasteiger charge is -2.02. The Morgan fingerprint density at radius 2 is 2.00 bits per heavy atom. The van der Waals surface area contributed by atoms with Crippen molar-refractivity contribution in [1.29, 1.82) is 0 Å². The van der Waals surface area contributed by atoms with Crippen molar-refractivity contribution in [3.63, 3.8) is 0 Å². The molecule has 0 atom stereocenters. The van der Waals surface area contributed by atoms with Crippen molar-refractivity contribution in [2.45, 2.75) is 12.8 Å². The summed E-state index contributed by atoms with van der Waals surface area (Å²) >= 11 is 5.06. The summed E-state index contributed by atoms with van der Waals surface area (Å²) in [6, 6.07) is 12.8. The largest absolute Gasteiger partial charge is 0.447 e. The van der Waals surface area contributed by atoms with Crippen LogP contribution in [0.1, 0.15) is 11.1 Å². The first kappa shape index (κ1) is 12.0. The van der Waals surface area contributed by atoms with Gasteiger partial charge in [0.1, 0.15) is 0 Å². The number of hydrogen-bond acceptors (Lipinski definition) is 3. The summed E-state index contributed by atoms with van der Waals surface area (Å²) in [4.78, 5) is 4.84. The van der Waals surface area contributed by atoms with Crippen LogP contribution in [0.25, 0.3) is 31.8 Å². The third kappa shape index (κ3) is 1.66. The van der Waals surface area contributed by atoms with Crippen LogP contribution in [-0.2, 0) is 12.8 Å². The molecule has 0 amide bonds. The molecule has 4 heteroatoms. The summed E-state index contributed by atoms with van der Waals surface area (Å²) in [5.74, 6) is 0.825. The maximum absolute atomic E-state index is 5.64. The molecule has 0 saturated carbocycles. The first-order valence-corrected chi connectivity index (χ1v) is 8.50. The fourth-order valence-electron chi connectivity index (χ4n) is 3.24. The van der Waals surface area contributed by atoms with Gasteiger partial charge in [-0.2, -0.15) is 0 Å². The lowest BCUT2D eigenvalue weighted by atomic mass is 10.0. The molecule has 0 bridgehead atoms. The van der Waals surface area contributed by atoms with Crippen molar-refractivity contribution in [1.82, 2.24) is 4.98 Å². The molecule has 1 aliphatic carbocycles. The molecule has 1 aliphatic rings. The molecule has 0 N–H and O–H groups in total. The third-order valence-corrected chi connectivity index (χ3v) is 5.58. The number of fused-ring (bicyclic) bond motifs is 2. The van der Waals surface area contributed by atoms with Gasteiger partial charge in [-0.1, -0.05) is 18.2 Å². The van der Waals surface area contributed by atoms with Crippen molar-refractivity contribution < 1.29 is 4.42 Å². The molecule has 21 heavy (non-hydrogen) atoms. The van der Waals surface area contributed by atoms with Crippen molar-refractivity contribution in [2.24, 2.45) is 0 Å². The molecular formula is C17H10BrNOS. The number of thiazole rings is 1. The zero-order valence-corrected chi connectivity index (χ0v) is 13.4. The zero-order valence-electron chi connectivity index (χ0n) is 11.0. The molecule has 0 spiro atoms. The fourth-order valence-corrected chi connectivity index (χ4v) is 4.55. The highest BCUT2D eigenvalue weighted by Crippen LogP contribution is 2.40. The van der Waals surface area contributed by atoms with Gasteiger partial charge in [-0.25, -0.2) is 4.98 Å². The Balaban J connectivity index is 1.87. The van der Waals surface area contributed by atoms with E-state index in [1.54, 1.807) is 11.3 Å². The van der Waals surface area contributed by atoms with E-state index in [-0.39, 0.29) is 0 Å². The lowest BCUT2D eigenvalue weighted by Crippen LogP contribution is -1.80. The highest BCUT2D eigenvalue weighted by molar-refractivity contribution is 9.10. The van der Waals surface area contributed by atoms with Gasteiger partial charge >= 0.3 is 0 Å². The second kappa shape index (κ2) is 4.18. The molecule has 0 aliphatic heterocycles. The van der Waals surface area contributed by atoms with Crippen LogP contribution in [0.5, 0.6) is 0 Å². The van der Waals surface area contributed by atoms with Crippen LogP contribution in [0.15, 0.2) is 45.5 Å². The molecule has 0 unspecified atom stereocenters. The monoisotopic (exact) mass is 355 g/mol. The Hall–Kier alpha value is -1.65. The van der Waals surface area contributed by atoms with Crippen LogP contribution in [0.4, 0.5) is 0 Å². The highest BCUT2D eigenvalue weighted by atomic mass is 79.9. The summed E-state index contributed by atoms with van der Waals surface area (Å²) in [5.41, 5.74) is 4.02. The molecule has 5 rings (SSSR count). The minimum absolute atomic E-state index is 0.741. The molecule has 102 valence electrons. The number of aryl methyl sites for hydroxylation is 2. The molecule has 2 aromatic carbocycles. The number of furan rings is 1. The third-order valence-electron chi connectivity index (χ3n) is 4.13. The average Bonchev–Trinajstić information content (AvgIpc) is 3.18. The minimum Gasteiger partial charge on any atom is -0.447 e. The van der Waals surface area contributed by atoms with E-state index in [9.17, 15) is 0 Å². The Labute approximate surface area is 133 Å². The van der Waals surface area contributed by atoms with Gasteiger partial charge in [0.2, 0.25) is 0 Å². The van der Waals surface area contributed by atoms with Crippen LogP contribution in [-0.4, -0.2) is 4.98 Å². The first-order chi connectivity index (χ1) is 10.3. The Morgan fingerprint density at radius 3 is 2.86 bits per heavy atom. The van der Waals surface area contributed by atoms with Crippen molar-refractivity contribution in [3.05, 3.63) is 52.2 Å². The number of rotatable bonds is 1. The number of aromatic nitrogens is 1. The molecule has 0 radical (unpaired) electrons. The van der Waals surface area contributed by atoms with Crippen molar-refractivity contribution in [3.8, 4) is 10.8 Å². The van der Waals surface area contributed by atoms with Crippen LogP contribution in [0.2, 0.25) is 0 Å². The summed E-state index contributed by atoms with van der Waals surface area (Å²) in [6.45, 7) is 0. The Kier molecular flexibility index (Phi) is 2.38. The van der Waals surface area contributed by atoms with Gasteiger partial charge in [0, 0.05) is 5.39 Å². The standard InChI is InChI=1S/C17H10BrNOS/c18-14-7-6-12(20-14)17-19-16-11-3-1-2-9-4-5-10(15(9)11)8-13(16)21-17/h1-3,6-8H,4-5H2. The van der Waals surface area contributed by atoms with E-state index in [4.69, 9.17) is 9.40 Å². The van der Waals surface area contributed by atoms with Crippen LogP contribution < -0.4 is 0 Å². The quantitative estimate of drug-likeness (QED) is 0.446. The van der Waals surface area contributed by atoms with E-state index in [0.717, 1.165) is 33.8 Å². The smallest absolute Gasteiger partial charge is 0.170 e. The SMILES string of the molecule is Brc1ccc(-c2nc3c(cc4c5c(cccc53)CC4)s2)o1. The van der Waals surface area contributed by atoms with Gasteiger partial charge in [-0.15, -0.1) is 11.3 Å². The second-order valence-electron chi connectivity index (χ2n) is 5.34. The van der Waals surface area contributed by atoms with Gasteiger partial charge in [-0.05, 0) is 63.5 Å². The maximum atomic E-state index is 5.64. The summed E-state index contributed by atoms with van der Waals surface area (Å²) in [5, 5.41) is 3.65. The van der Waals surface area contributed by atoms with E-state index in [1.807, 2.05) is 12.1 Å². The van der Waals surface area contributed by atoms with Crippen molar-refractivity contribution in [2.75, 3.05) is 0 Å². The van der Waals surface area contributed by atoms with Gasteiger partial charge in [0.25, 0.3) is 0 Å². The first-order valence-electron chi connectivity index (χ1n) is 6.89. The fraction of sp³-hybridized carbons (Fsp3) is 0.118. The number of nitrogens with zero attached hydrogens (tertiary/aromatic N) is 1. The van der Waals surface area contributed by atoms with E-state index >= 15 is 0 Å². The summed E-state index contributed by atoms with van der Waals surface area (Å²) < 4.78 is 7.63. The average molecular weight is 356 g/mol. The minimum atomic E-state index is 0.741. The molecule has 2 aromatic heterocycles. The predicted molar refractivity (Wildman–Crippen MR) is 89.9 cm³/mol. The topological polar surface area (TPSA) is 26.0 Å². The number of hydrogen-bond donors (Lipinski definition) is 0. The van der Waals surface area contributed by atoms with Crippen molar-refractivity contribution >= 4 is 48.3 Å². The number of benzene rings is 2. The second-order valence-corrected chi connectivity index (χ2v) is 7.16. The number of halogens is 1. The van der Waals surface area contributed by atoms with Gasteiger partial charge in [0.15, 0.2) is 15.4 Å². The normalized spacial score (nSPS) is 13.6. The Morgan fingerprint density at radius 1 is 1.10 bits per heavy atom. The predicted octanol–water partition coefficient (Wildman–Crippen LogP) is 5.57. The van der Waals surface area contributed by atoms with Gasteiger partial charge < -0.3 is 4.42 Å². The van der Waals surface area contributed by atoms with Crippen LogP contribution in [0, 0.1) is 0 Å². The summed E-state index contributed by atoms with van der Waals surface area (Å²) in [7, 11) is 0. The molecule has 0 fully saturated rings. The highest BCUT2D eigenvalue weighted by Gasteiger charge is 2.19. The molecule has 2 nitrogen and oxygen atoms in total. The van der Waals surface area contributed by atoms with E-state index in [1.165, 1.54) is 26.6 Å². The Bertz CT molecular complexity index is 1010. The molecular weight excluding hydrogens is 346 g/mol. The van der Waals surface area contributed by atoms with Crippen LogP contribution >= 0.6 is 27.3 Å². The molecule has 2 heterocycles. The molecule has 0 saturated heterocycles. The maximum Gasteiger partial charge on any atom is 0.170 e. The molecule has 4 aromatic rings. The van der Waals surface area contributed by atoms with E-state index in [2.05, 4.69) is 40.2 Å². The zero-order chi connectivity index (χ0) is 14.0. The summed E-state index contributed by atoms with van der Waals surface area (Å²) in [6.07, 6.45) is 2.30. The van der Waals surface area contributed by atoms with E-state index < -0.39 is 0 Å². The van der Waals surface area contributed by atoms with Crippen LogP contribution in [0.3, 0.4) is 0 Å². The van der Waals surface area contributed by atoms with Gasteiger partial charge in [-0.3, -0.25) is 0 Å². The van der Waals surface area contributed by atoms with Gasteiger partial charge in [0.05, 0.1) is 10.2 Å². The van der Waals surface area contributed by atoms with E-state index in [0.29, 0.717) is 0 Å².